The van der Waals surface area contributed by atoms with Crippen LogP contribution < -0.4 is 10.1 Å². The van der Waals surface area contributed by atoms with Crippen LogP contribution in [0.2, 0.25) is 5.15 Å². The summed E-state index contributed by atoms with van der Waals surface area (Å²) in [4.78, 5) is 8.21. The van der Waals surface area contributed by atoms with Crippen molar-refractivity contribution >= 4 is 23.1 Å². The highest BCUT2D eigenvalue weighted by atomic mass is 35.5. The average Bonchev–Trinajstić information content (AvgIpc) is 2.36. The highest BCUT2D eigenvalue weighted by Gasteiger charge is 2.32. The van der Waals surface area contributed by atoms with E-state index >= 15 is 0 Å². The first-order valence-electron chi connectivity index (χ1n) is 5.89. The van der Waals surface area contributed by atoms with Crippen molar-refractivity contribution in [2.45, 2.75) is 20.2 Å². The third-order valence-electron chi connectivity index (χ3n) is 2.63. The molecule has 112 valence electrons. The Bertz CT molecular complexity index is 662. The van der Waals surface area contributed by atoms with Crippen molar-refractivity contribution in [2.75, 3.05) is 5.32 Å². The number of halogens is 4. The number of anilines is 2. The van der Waals surface area contributed by atoms with Gasteiger partial charge in [0, 0.05) is 0 Å². The van der Waals surface area contributed by atoms with Crippen molar-refractivity contribution in [3.63, 3.8) is 0 Å². The van der Waals surface area contributed by atoms with Gasteiger partial charge in [0.15, 0.2) is 16.7 Å². The Balaban J connectivity index is 2.34. The van der Waals surface area contributed by atoms with Crippen molar-refractivity contribution in [3.05, 3.63) is 40.8 Å². The fourth-order valence-electron chi connectivity index (χ4n) is 1.57. The molecule has 2 aromatic rings. The summed E-state index contributed by atoms with van der Waals surface area (Å²) in [6, 6.07) is 5.61. The summed E-state index contributed by atoms with van der Waals surface area (Å²) >= 11 is 5.94. The minimum absolute atomic E-state index is 0.0694. The van der Waals surface area contributed by atoms with Crippen LogP contribution in [0.25, 0.3) is 0 Å². The third kappa shape index (κ3) is 3.98. The minimum Gasteiger partial charge on any atom is -0.404 e. The lowest BCUT2D eigenvalue weighted by Gasteiger charge is -2.15. The van der Waals surface area contributed by atoms with Crippen LogP contribution in [0.3, 0.4) is 0 Å². The summed E-state index contributed by atoms with van der Waals surface area (Å²) in [6.07, 6.45) is -4.78. The molecule has 21 heavy (non-hydrogen) atoms. The fraction of sp³-hybridized carbons (Fsp3) is 0.231. The molecule has 1 N–H and O–H groups in total. The molecule has 0 unspecified atom stereocenters. The molecule has 0 aliphatic rings. The van der Waals surface area contributed by atoms with Gasteiger partial charge < -0.3 is 10.1 Å². The predicted octanol–water partition coefficient (Wildman–Crippen LogP) is 4.39. The van der Waals surface area contributed by atoms with Gasteiger partial charge in [-0.3, -0.25) is 0 Å². The zero-order chi connectivity index (χ0) is 15.6. The van der Waals surface area contributed by atoms with Crippen LogP contribution in [0.4, 0.5) is 24.7 Å². The average molecular weight is 318 g/mol. The van der Waals surface area contributed by atoms with E-state index in [-0.39, 0.29) is 22.4 Å². The smallest absolute Gasteiger partial charge is 0.404 e. The van der Waals surface area contributed by atoms with E-state index in [1.807, 2.05) is 0 Å². The molecule has 0 spiro atoms. The van der Waals surface area contributed by atoms with Crippen LogP contribution in [-0.2, 0) is 0 Å². The number of para-hydroxylation sites is 2. The van der Waals surface area contributed by atoms with Crippen LogP contribution in [0, 0.1) is 13.8 Å². The predicted molar refractivity (Wildman–Crippen MR) is 72.9 cm³/mol. The van der Waals surface area contributed by atoms with Crippen LogP contribution in [0.15, 0.2) is 24.3 Å². The Labute approximate surface area is 123 Å². The third-order valence-corrected chi connectivity index (χ3v) is 2.89. The summed E-state index contributed by atoms with van der Waals surface area (Å²) in [5, 5.41) is 2.77. The molecule has 0 amide bonds. The van der Waals surface area contributed by atoms with Crippen molar-refractivity contribution in [1.82, 2.24) is 9.97 Å². The van der Waals surface area contributed by atoms with Gasteiger partial charge in [-0.2, -0.15) is 0 Å². The molecule has 0 radical (unpaired) electrons. The normalized spacial score (nSPS) is 11.3. The first kappa shape index (κ1) is 15.4. The lowest BCUT2D eigenvalue weighted by atomic mass is 10.3. The highest BCUT2D eigenvalue weighted by Crippen LogP contribution is 2.33. The number of rotatable bonds is 3. The number of hydrogen-bond donors (Lipinski definition) is 1. The van der Waals surface area contributed by atoms with Crippen molar-refractivity contribution in [1.29, 1.82) is 0 Å². The Morgan fingerprint density at radius 2 is 1.71 bits per heavy atom. The molecule has 1 aromatic heterocycles. The second-order valence-electron chi connectivity index (χ2n) is 4.20. The molecule has 0 fully saturated rings. The summed E-state index contributed by atoms with van der Waals surface area (Å²) in [5.41, 5.74) is 1.36. The molecule has 0 saturated heterocycles. The maximum absolute atomic E-state index is 12.4. The Kier molecular flexibility index (Phi) is 4.22. The molecule has 4 nitrogen and oxygen atoms in total. The molecule has 0 bridgehead atoms. The molecular formula is C13H11ClF3N3O. The number of aromatic nitrogens is 2. The van der Waals surface area contributed by atoms with Gasteiger partial charge in [0.2, 0.25) is 0 Å². The lowest BCUT2D eigenvalue weighted by Crippen LogP contribution is -2.18. The maximum Gasteiger partial charge on any atom is 0.573 e. The number of ether oxygens (including phenoxy) is 1. The first-order valence-corrected chi connectivity index (χ1v) is 6.26. The molecule has 1 heterocycles. The van der Waals surface area contributed by atoms with Crippen LogP contribution in [0.1, 0.15) is 11.4 Å². The number of nitrogens with zero attached hydrogens (tertiary/aromatic N) is 2. The number of nitrogens with one attached hydrogen (secondary N) is 1. The molecule has 2 rings (SSSR count). The summed E-state index contributed by atoms with van der Waals surface area (Å²) in [7, 11) is 0. The van der Waals surface area contributed by atoms with Crippen molar-refractivity contribution < 1.29 is 17.9 Å². The second kappa shape index (κ2) is 5.77. The second-order valence-corrected chi connectivity index (χ2v) is 4.56. The van der Waals surface area contributed by atoms with Gasteiger partial charge in [0.05, 0.1) is 17.1 Å². The number of aryl methyl sites for hydroxylation is 2. The Morgan fingerprint density at radius 3 is 2.38 bits per heavy atom. The zero-order valence-corrected chi connectivity index (χ0v) is 11.9. The van der Waals surface area contributed by atoms with E-state index in [2.05, 4.69) is 20.0 Å². The summed E-state index contributed by atoms with van der Waals surface area (Å²) in [5.74, 6) is -0.209. The quantitative estimate of drug-likeness (QED) is 0.912. The molecule has 1 aromatic carbocycles. The van der Waals surface area contributed by atoms with Gasteiger partial charge in [-0.25, -0.2) is 9.97 Å². The van der Waals surface area contributed by atoms with Crippen LogP contribution >= 0.6 is 11.6 Å². The van der Waals surface area contributed by atoms with Crippen LogP contribution in [0.5, 0.6) is 5.75 Å². The SMILES string of the molecule is Cc1nc(Cl)c(Nc2ccccc2OC(F)(F)F)nc1C. The minimum atomic E-state index is -4.78. The summed E-state index contributed by atoms with van der Waals surface area (Å²) < 4.78 is 41.0. The Morgan fingerprint density at radius 1 is 1.10 bits per heavy atom. The monoisotopic (exact) mass is 317 g/mol. The van der Waals surface area contributed by atoms with Crippen molar-refractivity contribution in [2.24, 2.45) is 0 Å². The maximum atomic E-state index is 12.4. The van der Waals surface area contributed by atoms with Gasteiger partial charge in [0.25, 0.3) is 0 Å². The number of alkyl halides is 3. The van der Waals surface area contributed by atoms with Gasteiger partial charge in [-0.15, -0.1) is 13.2 Å². The summed E-state index contributed by atoms with van der Waals surface area (Å²) in [6.45, 7) is 3.46. The highest BCUT2D eigenvalue weighted by molar-refractivity contribution is 6.31. The number of benzene rings is 1. The number of hydrogen-bond acceptors (Lipinski definition) is 4. The molecule has 0 aliphatic heterocycles. The fourth-order valence-corrected chi connectivity index (χ4v) is 1.78. The van der Waals surface area contributed by atoms with E-state index in [0.29, 0.717) is 11.4 Å². The van der Waals surface area contributed by atoms with Gasteiger partial charge in [-0.05, 0) is 26.0 Å². The lowest BCUT2D eigenvalue weighted by molar-refractivity contribution is -0.274. The zero-order valence-electron chi connectivity index (χ0n) is 11.1. The molecule has 0 atom stereocenters. The van der Waals surface area contributed by atoms with E-state index < -0.39 is 6.36 Å². The van der Waals surface area contributed by atoms with E-state index in [0.717, 1.165) is 0 Å². The van der Waals surface area contributed by atoms with E-state index in [4.69, 9.17) is 11.6 Å². The van der Waals surface area contributed by atoms with Gasteiger partial charge in [-0.1, -0.05) is 23.7 Å². The van der Waals surface area contributed by atoms with E-state index in [1.165, 1.54) is 18.2 Å². The van der Waals surface area contributed by atoms with Gasteiger partial charge >= 0.3 is 6.36 Å². The van der Waals surface area contributed by atoms with Crippen LogP contribution in [-0.4, -0.2) is 16.3 Å². The first-order chi connectivity index (χ1) is 9.76. The molecule has 8 heteroatoms. The Hall–Kier alpha value is -2.02. The largest absolute Gasteiger partial charge is 0.573 e. The van der Waals surface area contributed by atoms with E-state index in [9.17, 15) is 13.2 Å². The molecule has 0 aliphatic carbocycles. The van der Waals surface area contributed by atoms with Gasteiger partial charge in [0.1, 0.15) is 0 Å². The topological polar surface area (TPSA) is 47.0 Å². The van der Waals surface area contributed by atoms with Crippen molar-refractivity contribution in [3.8, 4) is 5.75 Å². The molecule has 0 saturated carbocycles. The van der Waals surface area contributed by atoms with E-state index in [1.54, 1.807) is 19.9 Å². The standard InChI is InChI=1S/C13H11ClF3N3O/c1-7-8(2)19-12(11(14)18-7)20-9-5-3-4-6-10(9)21-13(15,16)17/h3-6H,1-2H3,(H,19,20). The molecular weight excluding hydrogens is 307 g/mol.